The minimum absolute atomic E-state index is 0.161. The Kier molecular flexibility index (Phi) is 6.64. The molecule has 0 fully saturated rings. The van der Waals surface area contributed by atoms with E-state index in [9.17, 15) is 9.18 Å². The molecule has 0 unspecified atom stereocenters. The Morgan fingerprint density at radius 3 is 2.70 bits per heavy atom. The zero-order valence-electron chi connectivity index (χ0n) is 18.7. The highest BCUT2D eigenvalue weighted by atomic mass is 32.2. The van der Waals surface area contributed by atoms with Gasteiger partial charge in [0.25, 0.3) is 0 Å². The quantitative estimate of drug-likeness (QED) is 0.482. The average Bonchev–Trinajstić information content (AvgIpc) is 2.94. The predicted octanol–water partition coefficient (Wildman–Crippen LogP) is 4.64. The van der Waals surface area contributed by atoms with Crippen LogP contribution in [-0.2, 0) is 4.79 Å². The van der Waals surface area contributed by atoms with Crippen molar-refractivity contribution in [2.45, 2.75) is 32.2 Å². The third-order valence-electron chi connectivity index (χ3n) is 4.95. The molecule has 8 nitrogen and oxygen atoms in total. The Bertz CT molecular complexity index is 1190. The second-order valence-corrected chi connectivity index (χ2v) is 8.28. The largest absolute Gasteiger partial charge is 0.493 e. The summed E-state index contributed by atoms with van der Waals surface area (Å²) in [6.07, 6.45) is -0.909. The summed E-state index contributed by atoms with van der Waals surface area (Å²) in [4.78, 5) is 18.8. The number of carbonyl (C=O) groups excluding carboxylic acids is 1. The fourth-order valence-electron chi connectivity index (χ4n) is 3.60. The van der Waals surface area contributed by atoms with Gasteiger partial charge in [0, 0.05) is 18.1 Å². The average molecular weight is 471 g/mol. The number of benzene rings is 2. The zero-order valence-corrected chi connectivity index (χ0v) is 19.5. The van der Waals surface area contributed by atoms with Gasteiger partial charge in [0.2, 0.25) is 23.2 Å². The van der Waals surface area contributed by atoms with Gasteiger partial charge in [-0.2, -0.15) is 4.98 Å². The highest BCUT2D eigenvalue weighted by Crippen LogP contribution is 2.44. The molecule has 33 heavy (non-hydrogen) atoms. The Labute approximate surface area is 195 Å². The van der Waals surface area contributed by atoms with Crippen molar-refractivity contribution in [3.63, 3.8) is 0 Å². The van der Waals surface area contributed by atoms with Crippen LogP contribution >= 0.6 is 11.8 Å². The third-order valence-corrected chi connectivity index (χ3v) is 5.67. The van der Waals surface area contributed by atoms with Crippen LogP contribution in [0.1, 0.15) is 32.6 Å². The number of nitrogens with zero attached hydrogens (tertiary/aromatic N) is 4. The van der Waals surface area contributed by atoms with Gasteiger partial charge in [-0.3, -0.25) is 9.69 Å². The lowest BCUT2D eigenvalue weighted by Gasteiger charge is -2.30. The van der Waals surface area contributed by atoms with E-state index in [4.69, 9.17) is 14.2 Å². The van der Waals surface area contributed by atoms with E-state index in [1.165, 1.54) is 48.9 Å². The summed E-state index contributed by atoms with van der Waals surface area (Å²) in [7, 11) is 1.54. The van der Waals surface area contributed by atoms with E-state index >= 15 is 0 Å². The Balaban J connectivity index is 1.93. The monoisotopic (exact) mass is 470 g/mol. The number of halogens is 1. The van der Waals surface area contributed by atoms with Crippen LogP contribution in [0.2, 0.25) is 0 Å². The highest BCUT2D eigenvalue weighted by molar-refractivity contribution is 7.99. The number of hydrogen-bond donors (Lipinski definition) is 0. The van der Waals surface area contributed by atoms with Gasteiger partial charge in [-0.05, 0) is 49.1 Å². The molecule has 1 amide bonds. The fraction of sp³-hybridized carbons (Fsp3) is 0.304. The first-order valence-electron chi connectivity index (χ1n) is 10.4. The number of methoxy groups -OCH3 is 1. The second-order valence-electron chi connectivity index (χ2n) is 7.05. The van der Waals surface area contributed by atoms with Crippen molar-refractivity contribution in [3.05, 3.63) is 47.8 Å². The maximum Gasteiger partial charge on any atom is 0.247 e. The first-order chi connectivity index (χ1) is 16.0. The van der Waals surface area contributed by atoms with Crippen LogP contribution in [-0.4, -0.2) is 40.6 Å². The summed E-state index contributed by atoms with van der Waals surface area (Å²) in [5, 5.41) is 8.83. The van der Waals surface area contributed by atoms with Crippen molar-refractivity contribution < 1.29 is 23.4 Å². The van der Waals surface area contributed by atoms with Crippen molar-refractivity contribution >= 4 is 23.4 Å². The Morgan fingerprint density at radius 1 is 1.18 bits per heavy atom. The molecule has 4 rings (SSSR count). The lowest BCUT2D eigenvalue weighted by atomic mass is 10.1. The fourth-order valence-corrected chi connectivity index (χ4v) is 4.10. The molecule has 0 saturated heterocycles. The molecule has 0 radical (unpaired) electrons. The summed E-state index contributed by atoms with van der Waals surface area (Å²) in [5.41, 5.74) is 1.69. The molecular formula is C23H23FN4O4S. The first kappa shape index (κ1) is 22.8. The molecule has 0 saturated carbocycles. The van der Waals surface area contributed by atoms with E-state index in [2.05, 4.69) is 15.2 Å². The van der Waals surface area contributed by atoms with Crippen molar-refractivity contribution in [3.8, 4) is 28.6 Å². The van der Waals surface area contributed by atoms with Gasteiger partial charge in [0.15, 0.2) is 17.2 Å². The molecule has 172 valence electrons. The number of ether oxygens (including phenoxy) is 3. The molecule has 1 aliphatic rings. The maximum absolute atomic E-state index is 14.2. The number of rotatable bonds is 6. The minimum atomic E-state index is -0.909. The van der Waals surface area contributed by atoms with Crippen LogP contribution in [0.25, 0.3) is 11.3 Å². The normalized spacial score (nSPS) is 14.6. The topological polar surface area (TPSA) is 86.7 Å². The van der Waals surface area contributed by atoms with Crippen LogP contribution < -0.4 is 19.1 Å². The van der Waals surface area contributed by atoms with Gasteiger partial charge >= 0.3 is 0 Å². The molecule has 3 aromatic rings. The molecule has 0 spiro atoms. The van der Waals surface area contributed by atoms with Gasteiger partial charge in [-0.15, -0.1) is 10.2 Å². The lowest BCUT2D eigenvalue weighted by Crippen LogP contribution is -2.36. The minimum Gasteiger partial charge on any atom is -0.493 e. The zero-order chi connectivity index (χ0) is 23.5. The second kappa shape index (κ2) is 9.62. The van der Waals surface area contributed by atoms with Crippen LogP contribution in [0, 0.1) is 5.82 Å². The van der Waals surface area contributed by atoms with E-state index in [-0.39, 0.29) is 17.5 Å². The molecule has 2 heterocycles. The smallest absolute Gasteiger partial charge is 0.247 e. The number of hydrogen-bond acceptors (Lipinski definition) is 8. The molecule has 0 aliphatic carbocycles. The van der Waals surface area contributed by atoms with E-state index < -0.39 is 12.0 Å². The number of carbonyl (C=O) groups is 1. The van der Waals surface area contributed by atoms with E-state index in [0.717, 1.165) is 5.75 Å². The van der Waals surface area contributed by atoms with Gasteiger partial charge < -0.3 is 14.2 Å². The summed E-state index contributed by atoms with van der Waals surface area (Å²) >= 11 is 1.40. The molecule has 1 aliphatic heterocycles. The van der Waals surface area contributed by atoms with Gasteiger partial charge in [-0.1, -0.05) is 18.7 Å². The molecular weight excluding hydrogens is 447 g/mol. The van der Waals surface area contributed by atoms with Crippen LogP contribution in [0.15, 0.2) is 41.6 Å². The number of thioether (sulfide) groups is 1. The Hall–Kier alpha value is -3.40. The summed E-state index contributed by atoms with van der Waals surface area (Å²) in [6.45, 7) is 5.74. The van der Waals surface area contributed by atoms with E-state index in [1.807, 2.05) is 13.8 Å². The van der Waals surface area contributed by atoms with Crippen molar-refractivity contribution in [1.82, 2.24) is 15.2 Å². The maximum atomic E-state index is 14.2. The molecule has 10 heteroatoms. The van der Waals surface area contributed by atoms with Crippen molar-refractivity contribution in [2.75, 3.05) is 24.4 Å². The SMILES string of the molecule is CCOc1ccc([C@@H]2Oc3nc(SCC)nnc3-c3cc(F)ccc3N2C(C)=O)cc1OC. The number of aromatic nitrogens is 3. The number of amides is 1. The van der Waals surface area contributed by atoms with Gasteiger partial charge in [0.1, 0.15) is 5.82 Å². The Morgan fingerprint density at radius 2 is 2.00 bits per heavy atom. The van der Waals surface area contributed by atoms with E-state index in [1.54, 1.807) is 18.2 Å². The molecule has 0 bridgehead atoms. The van der Waals surface area contributed by atoms with Crippen molar-refractivity contribution in [2.24, 2.45) is 0 Å². The summed E-state index contributed by atoms with van der Waals surface area (Å²) in [6, 6.07) is 9.41. The summed E-state index contributed by atoms with van der Waals surface area (Å²) in [5.74, 6) is 1.19. The molecule has 1 atom stereocenters. The lowest BCUT2D eigenvalue weighted by molar-refractivity contribution is -0.118. The van der Waals surface area contributed by atoms with Gasteiger partial charge in [0.05, 0.1) is 19.4 Å². The molecule has 1 aromatic heterocycles. The van der Waals surface area contributed by atoms with Crippen LogP contribution in [0.3, 0.4) is 0 Å². The predicted molar refractivity (Wildman–Crippen MR) is 122 cm³/mol. The first-order valence-corrected chi connectivity index (χ1v) is 11.4. The van der Waals surface area contributed by atoms with Crippen molar-refractivity contribution in [1.29, 1.82) is 0 Å². The van der Waals surface area contributed by atoms with Crippen LogP contribution in [0.5, 0.6) is 17.4 Å². The molecule has 0 N–H and O–H groups in total. The number of fused-ring (bicyclic) bond motifs is 3. The van der Waals surface area contributed by atoms with Gasteiger partial charge in [-0.25, -0.2) is 4.39 Å². The number of anilines is 1. The van der Waals surface area contributed by atoms with Crippen LogP contribution in [0.4, 0.5) is 10.1 Å². The molecule has 2 aromatic carbocycles. The summed E-state index contributed by atoms with van der Waals surface area (Å²) < 4.78 is 31.6. The highest BCUT2D eigenvalue weighted by Gasteiger charge is 2.35. The van der Waals surface area contributed by atoms with E-state index in [0.29, 0.717) is 40.1 Å². The third kappa shape index (κ3) is 4.43. The standard InChI is InChI=1S/C23H23FN4O4S/c1-5-31-18-10-7-14(11-19(18)30-4)22-28(13(3)29)17-9-8-15(24)12-16(17)20-21(32-22)25-23(27-26-20)33-6-2/h7-12,22H,5-6H2,1-4H3/t22-/m0/s1.